The number of ether oxygens (including phenoxy) is 2. The molecule has 106 valence electrons. The molecule has 0 spiro atoms. The Morgan fingerprint density at radius 2 is 2.16 bits per heavy atom. The number of esters is 1. The Kier molecular flexibility index (Phi) is 6.12. The number of pyridine rings is 1. The van der Waals surface area contributed by atoms with Crippen molar-refractivity contribution in [3.63, 3.8) is 0 Å². The van der Waals surface area contributed by atoms with E-state index in [0.29, 0.717) is 24.6 Å². The summed E-state index contributed by atoms with van der Waals surface area (Å²) < 4.78 is 10.6. The predicted molar refractivity (Wildman–Crippen MR) is 74.3 cm³/mol. The molecule has 5 heteroatoms. The van der Waals surface area contributed by atoms with E-state index in [0.717, 1.165) is 0 Å². The van der Waals surface area contributed by atoms with Gasteiger partial charge < -0.3 is 14.8 Å². The molecular weight excluding hydrogens is 244 g/mol. The van der Waals surface area contributed by atoms with Crippen LogP contribution in [0, 0.1) is 0 Å². The van der Waals surface area contributed by atoms with Crippen molar-refractivity contribution in [3.8, 4) is 5.88 Å². The number of nitrogens with zero attached hydrogens (tertiary/aromatic N) is 1. The standard InChI is InChI=1S/C14H22N2O3/c1-5-11(14(17)18-6-2)16-12-8-7-9-15-13(12)19-10(3)4/h7-11,16H,5-6H2,1-4H3. The molecule has 1 atom stereocenters. The van der Waals surface area contributed by atoms with Gasteiger partial charge in [0.2, 0.25) is 5.88 Å². The van der Waals surface area contributed by atoms with Crippen molar-refractivity contribution < 1.29 is 14.3 Å². The molecule has 0 fully saturated rings. The van der Waals surface area contributed by atoms with Crippen molar-refractivity contribution in [1.29, 1.82) is 0 Å². The largest absolute Gasteiger partial charge is 0.473 e. The van der Waals surface area contributed by atoms with E-state index >= 15 is 0 Å². The molecule has 0 aliphatic rings. The summed E-state index contributed by atoms with van der Waals surface area (Å²) in [5.74, 6) is 0.240. The summed E-state index contributed by atoms with van der Waals surface area (Å²) >= 11 is 0. The van der Waals surface area contributed by atoms with Crippen LogP contribution >= 0.6 is 0 Å². The molecule has 1 N–H and O–H groups in total. The fraction of sp³-hybridized carbons (Fsp3) is 0.571. The second-order valence-corrected chi connectivity index (χ2v) is 4.38. The Hall–Kier alpha value is -1.78. The Bertz CT molecular complexity index is 407. The average Bonchev–Trinajstić information content (AvgIpc) is 2.37. The lowest BCUT2D eigenvalue weighted by Crippen LogP contribution is -2.31. The summed E-state index contributed by atoms with van der Waals surface area (Å²) in [6, 6.07) is 3.25. The highest BCUT2D eigenvalue weighted by molar-refractivity contribution is 5.79. The number of hydrogen-bond acceptors (Lipinski definition) is 5. The van der Waals surface area contributed by atoms with Crippen LogP contribution in [0.5, 0.6) is 5.88 Å². The van der Waals surface area contributed by atoms with Crippen LogP contribution in [-0.2, 0) is 9.53 Å². The molecule has 0 amide bonds. The van der Waals surface area contributed by atoms with Gasteiger partial charge in [-0.15, -0.1) is 0 Å². The molecule has 0 radical (unpaired) electrons. The van der Waals surface area contributed by atoms with Crippen molar-refractivity contribution >= 4 is 11.7 Å². The van der Waals surface area contributed by atoms with Crippen molar-refractivity contribution in [2.24, 2.45) is 0 Å². The van der Waals surface area contributed by atoms with E-state index in [1.165, 1.54) is 0 Å². The molecule has 0 aliphatic heterocycles. The van der Waals surface area contributed by atoms with Gasteiger partial charge in [0, 0.05) is 6.20 Å². The zero-order valence-corrected chi connectivity index (χ0v) is 12.0. The van der Waals surface area contributed by atoms with Crippen LogP contribution < -0.4 is 10.1 Å². The van der Waals surface area contributed by atoms with Gasteiger partial charge in [-0.25, -0.2) is 9.78 Å². The van der Waals surface area contributed by atoms with Gasteiger partial charge in [0.25, 0.3) is 0 Å². The van der Waals surface area contributed by atoms with E-state index in [-0.39, 0.29) is 12.1 Å². The second-order valence-electron chi connectivity index (χ2n) is 4.38. The molecule has 1 heterocycles. The van der Waals surface area contributed by atoms with E-state index in [1.54, 1.807) is 19.2 Å². The molecule has 1 aromatic heterocycles. The van der Waals surface area contributed by atoms with Crippen molar-refractivity contribution in [2.75, 3.05) is 11.9 Å². The molecule has 0 saturated heterocycles. The minimum atomic E-state index is -0.390. The summed E-state index contributed by atoms with van der Waals surface area (Å²) in [6.45, 7) is 7.96. The highest BCUT2D eigenvalue weighted by Gasteiger charge is 2.19. The summed E-state index contributed by atoms with van der Waals surface area (Å²) in [4.78, 5) is 15.9. The first kappa shape index (κ1) is 15.3. The highest BCUT2D eigenvalue weighted by atomic mass is 16.5. The third-order valence-corrected chi connectivity index (χ3v) is 2.43. The van der Waals surface area contributed by atoms with Gasteiger partial charge >= 0.3 is 5.97 Å². The molecule has 0 aliphatic carbocycles. The summed E-state index contributed by atoms with van der Waals surface area (Å²) in [5.41, 5.74) is 0.705. The van der Waals surface area contributed by atoms with E-state index < -0.39 is 6.04 Å². The van der Waals surface area contributed by atoms with Gasteiger partial charge in [-0.2, -0.15) is 0 Å². The predicted octanol–water partition coefficient (Wildman–Crippen LogP) is 2.62. The minimum absolute atomic E-state index is 0.0260. The summed E-state index contributed by atoms with van der Waals surface area (Å²) in [7, 11) is 0. The van der Waals surface area contributed by atoms with Crippen molar-refractivity contribution in [1.82, 2.24) is 4.98 Å². The van der Waals surface area contributed by atoms with E-state index in [4.69, 9.17) is 9.47 Å². The molecule has 0 saturated carbocycles. The molecule has 19 heavy (non-hydrogen) atoms. The molecule has 0 aromatic carbocycles. The highest BCUT2D eigenvalue weighted by Crippen LogP contribution is 2.23. The minimum Gasteiger partial charge on any atom is -0.473 e. The van der Waals surface area contributed by atoms with Crippen molar-refractivity contribution in [2.45, 2.75) is 46.3 Å². The zero-order valence-electron chi connectivity index (χ0n) is 12.0. The molecule has 1 rings (SSSR count). The van der Waals surface area contributed by atoms with Crippen LogP contribution in [-0.4, -0.2) is 29.7 Å². The maximum Gasteiger partial charge on any atom is 0.328 e. The lowest BCUT2D eigenvalue weighted by molar-refractivity contribution is -0.144. The van der Waals surface area contributed by atoms with Gasteiger partial charge in [-0.3, -0.25) is 0 Å². The Morgan fingerprint density at radius 1 is 1.42 bits per heavy atom. The van der Waals surface area contributed by atoms with Crippen LogP contribution in [0.2, 0.25) is 0 Å². The Morgan fingerprint density at radius 3 is 2.74 bits per heavy atom. The van der Waals surface area contributed by atoms with Crippen LogP contribution in [0.1, 0.15) is 34.1 Å². The van der Waals surface area contributed by atoms with E-state index in [9.17, 15) is 4.79 Å². The Balaban J connectivity index is 2.81. The van der Waals surface area contributed by atoms with Gasteiger partial charge in [0.15, 0.2) is 0 Å². The average molecular weight is 266 g/mol. The van der Waals surface area contributed by atoms with Gasteiger partial charge in [0.05, 0.1) is 18.4 Å². The topological polar surface area (TPSA) is 60.5 Å². The number of nitrogens with one attached hydrogen (secondary N) is 1. The first-order valence-corrected chi connectivity index (χ1v) is 6.63. The number of anilines is 1. The van der Waals surface area contributed by atoms with Gasteiger partial charge in [0.1, 0.15) is 6.04 Å². The molecule has 0 bridgehead atoms. The summed E-state index contributed by atoms with van der Waals surface area (Å²) in [6.07, 6.45) is 2.32. The smallest absolute Gasteiger partial charge is 0.328 e. The fourth-order valence-electron chi connectivity index (χ4n) is 1.58. The molecule has 1 unspecified atom stereocenters. The van der Waals surface area contributed by atoms with Gasteiger partial charge in [-0.1, -0.05) is 6.92 Å². The molecule has 5 nitrogen and oxygen atoms in total. The number of carbonyl (C=O) groups excluding carboxylic acids is 1. The number of rotatable bonds is 7. The van der Waals surface area contributed by atoms with Crippen molar-refractivity contribution in [3.05, 3.63) is 18.3 Å². The third-order valence-electron chi connectivity index (χ3n) is 2.43. The maximum absolute atomic E-state index is 11.8. The number of aromatic nitrogens is 1. The SMILES string of the molecule is CCOC(=O)C(CC)Nc1cccnc1OC(C)C. The third kappa shape index (κ3) is 4.77. The summed E-state index contributed by atoms with van der Waals surface area (Å²) in [5, 5.41) is 3.13. The first-order chi connectivity index (χ1) is 9.08. The van der Waals surface area contributed by atoms with Crippen LogP contribution in [0.25, 0.3) is 0 Å². The normalized spacial score (nSPS) is 12.1. The lowest BCUT2D eigenvalue weighted by atomic mass is 10.2. The fourth-order valence-corrected chi connectivity index (χ4v) is 1.58. The van der Waals surface area contributed by atoms with Crippen LogP contribution in [0.4, 0.5) is 5.69 Å². The quantitative estimate of drug-likeness (QED) is 0.769. The van der Waals surface area contributed by atoms with E-state index in [1.807, 2.05) is 26.8 Å². The van der Waals surface area contributed by atoms with E-state index in [2.05, 4.69) is 10.3 Å². The first-order valence-electron chi connectivity index (χ1n) is 6.63. The lowest BCUT2D eigenvalue weighted by Gasteiger charge is -2.19. The maximum atomic E-state index is 11.8. The number of carbonyl (C=O) groups is 1. The molecule has 1 aromatic rings. The Labute approximate surface area is 114 Å². The zero-order chi connectivity index (χ0) is 14.3. The number of hydrogen-bond donors (Lipinski definition) is 1. The van der Waals surface area contributed by atoms with Gasteiger partial charge in [-0.05, 0) is 39.3 Å². The monoisotopic (exact) mass is 266 g/mol. The van der Waals surface area contributed by atoms with Crippen LogP contribution in [0.3, 0.4) is 0 Å². The van der Waals surface area contributed by atoms with Crippen LogP contribution in [0.15, 0.2) is 18.3 Å². The second kappa shape index (κ2) is 7.61. The molecular formula is C14H22N2O3.